The molecule has 1 amide bonds. The van der Waals surface area contributed by atoms with Gasteiger partial charge in [-0.2, -0.15) is 0 Å². The van der Waals surface area contributed by atoms with E-state index in [9.17, 15) is 4.79 Å². The van der Waals surface area contributed by atoms with Gasteiger partial charge in [0.1, 0.15) is 0 Å². The van der Waals surface area contributed by atoms with Gasteiger partial charge >= 0.3 is 0 Å². The molecule has 0 aliphatic rings. The third kappa shape index (κ3) is 5.47. The van der Waals surface area contributed by atoms with Crippen LogP contribution in [0.4, 0.5) is 0 Å². The maximum absolute atomic E-state index is 12.6. The lowest BCUT2D eigenvalue weighted by Gasteiger charge is -2.25. The number of amides is 1. The van der Waals surface area contributed by atoms with E-state index in [4.69, 9.17) is 9.47 Å². The minimum Gasteiger partial charge on any atom is -0.493 e. The topological polar surface area (TPSA) is 50.8 Å². The number of hydrogen-bond donors (Lipinski definition) is 1. The van der Waals surface area contributed by atoms with Gasteiger partial charge in [0, 0.05) is 12.1 Å². The molecule has 0 saturated carbocycles. The number of rotatable bonds is 9. The summed E-state index contributed by atoms with van der Waals surface area (Å²) in [5.74, 6) is 1.07. The fraction of sp³-hybridized carbons (Fsp3) is 0.409. The van der Waals surface area contributed by atoms with Crippen LogP contribution >= 0.6 is 0 Å². The lowest BCUT2D eigenvalue weighted by molar-refractivity contribution is 0.0941. The number of ether oxygens (including phenoxy) is 2. The zero-order valence-electron chi connectivity index (χ0n) is 16.9. The molecule has 1 atom stereocenters. The minimum absolute atomic E-state index is 0.101. The van der Waals surface area contributed by atoms with Gasteiger partial charge in [0.25, 0.3) is 5.91 Å². The van der Waals surface area contributed by atoms with Gasteiger partial charge < -0.3 is 19.7 Å². The second kappa shape index (κ2) is 9.97. The van der Waals surface area contributed by atoms with Crippen LogP contribution < -0.4 is 14.8 Å². The van der Waals surface area contributed by atoms with Gasteiger partial charge in [-0.1, -0.05) is 31.2 Å². The fourth-order valence-corrected chi connectivity index (χ4v) is 2.95. The van der Waals surface area contributed by atoms with E-state index in [-0.39, 0.29) is 11.9 Å². The number of hydrogen-bond acceptors (Lipinski definition) is 4. The smallest absolute Gasteiger partial charge is 0.251 e. The molecule has 0 radical (unpaired) electrons. The Morgan fingerprint density at radius 1 is 1.07 bits per heavy atom. The van der Waals surface area contributed by atoms with Crippen molar-refractivity contribution in [2.75, 3.05) is 34.4 Å². The van der Waals surface area contributed by atoms with Crippen LogP contribution in [0.5, 0.6) is 11.5 Å². The molecule has 0 spiro atoms. The van der Waals surface area contributed by atoms with Crippen molar-refractivity contribution in [1.82, 2.24) is 10.2 Å². The highest BCUT2D eigenvalue weighted by Crippen LogP contribution is 2.28. The molecule has 0 bridgehead atoms. The van der Waals surface area contributed by atoms with Crippen LogP contribution in [-0.2, 0) is 6.42 Å². The van der Waals surface area contributed by atoms with Gasteiger partial charge in [-0.25, -0.2) is 0 Å². The summed E-state index contributed by atoms with van der Waals surface area (Å²) in [4.78, 5) is 14.7. The SMILES string of the molecule is CCOc1cc(C(=O)NCC(c2ccc(CC)cc2)N(C)C)ccc1OC. The van der Waals surface area contributed by atoms with E-state index < -0.39 is 0 Å². The first-order chi connectivity index (χ1) is 13.0. The number of benzene rings is 2. The van der Waals surface area contributed by atoms with Crippen LogP contribution in [0.1, 0.15) is 41.4 Å². The molecule has 0 aliphatic heterocycles. The highest BCUT2D eigenvalue weighted by atomic mass is 16.5. The zero-order chi connectivity index (χ0) is 19.8. The molecular weight excluding hydrogens is 340 g/mol. The number of carbonyl (C=O) groups is 1. The third-order valence-corrected chi connectivity index (χ3v) is 4.58. The molecule has 0 saturated heterocycles. The molecule has 5 nitrogen and oxygen atoms in total. The Balaban J connectivity index is 2.10. The number of nitrogens with zero attached hydrogens (tertiary/aromatic N) is 1. The Labute approximate surface area is 162 Å². The normalized spacial score (nSPS) is 11.9. The van der Waals surface area contributed by atoms with Crippen molar-refractivity contribution in [2.24, 2.45) is 0 Å². The average Bonchev–Trinajstić information content (AvgIpc) is 2.68. The van der Waals surface area contributed by atoms with Crippen molar-refractivity contribution >= 4 is 5.91 Å². The molecule has 146 valence electrons. The zero-order valence-corrected chi connectivity index (χ0v) is 16.9. The molecule has 27 heavy (non-hydrogen) atoms. The monoisotopic (exact) mass is 370 g/mol. The number of aryl methyl sites for hydroxylation is 1. The molecule has 2 rings (SSSR count). The second-order valence-corrected chi connectivity index (χ2v) is 6.58. The highest BCUT2D eigenvalue weighted by molar-refractivity contribution is 5.94. The third-order valence-electron chi connectivity index (χ3n) is 4.58. The maximum Gasteiger partial charge on any atom is 0.251 e. The molecule has 2 aromatic carbocycles. The van der Waals surface area contributed by atoms with Gasteiger partial charge in [0.2, 0.25) is 0 Å². The maximum atomic E-state index is 12.6. The Morgan fingerprint density at radius 2 is 1.78 bits per heavy atom. The molecule has 1 N–H and O–H groups in total. The van der Waals surface area contributed by atoms with Crippen LogP contribution in [0.25, 0.3) is 0 Å². The summed E-state index contributed by atoms with van der Waals surface area (Å²) < 4.78 is 10.8. The summed E-state index contributed by atoms with van der Waals surface area (Å²) in [6, 6.07) is 13.9. The van der Waals surface area contributed by atoms with Crippen molar-refractivity contribution in [2.45, 2.75) is 26.3 Å². The molecule has 1 unspecified atom stereocenters. The lowest BCUT2D eigenvalue weighted by atomic mass is 10.0. The van der Waals surface area contributed by atoms with Crippen molar-refractivity contribution in [3.05, 3.63) is 59.2 Å². The van der Waals surface area contributed by atoms with Gasteiger partial charge in [0.15, 0.2) is 11.5 Å². The Kier molecular flexibility index (Phi) is 7.67. The molecule has 0 aliphatic carbocycles. The number of likely N-dealkylation sites (N-methyl/N-ethyl adjacent to an activating group) is 1. The molecule has 0 fully saturated rings. The van der Waals surface area contributed by atoms with E-state index in [1.807, 2.05) is 21.0 Å². The number of carbonyl (C=O) groups excluding carboxylic acids is 1. The minimum atomic E-state index is -0.129. The van der Waals surface area contributed by atoms with Crippen LogP contribution in [0, 0.1) is 0 Å². The summed E-state index contributed by atoms with van der Waals surface area (Å²) >= 11 is 0. The van der Waals surface area contributed by atoms with E-state index in [0.717, 1.165) is 6.42 Å². The number of nitrogens with one attached hydrogen (secondary N) is 1. The quantitative estimate of drug-likeness (QED) is 0.731. The Bertz CT molecular complexity index is 742. The molecule has 0 heterocycles. The first kappa shape index (κ1) is 20.8. The molecule has 0 aromatic heterocycles. The van der Waals surface area contributed by atoms with Crippen molar-refractivity contribution in [1.29, 1.82) is 0 Å². The predicted molar refractivity (Wildman–Crippen MR) is 109 cm³/mol. The van der Waals surface area contributed by atoms with Crippen LogP contribution in [0.2, 0.25) is 0 Å². The van der Waals surface area contributed by atoms with Crippen molar-refractivity contribution in [3.63, 3.8) is 0 Å². The predicted octanol–water partition coefficient (Wildman–Crippen LogP) is 3.69. The van der Waals surface area contributed by atoms with Gasteiger partial charge in [-0.05, 0) is 56.8 Å². The van der Waals surface area contributed by atoms with Gasteiger partial charge in [-0.3, -0.25) is 4.79 Å². The van der Waals surface area contributed by atoms with E-state index in [2.05, 4.69) is 41.4 Å². The second-order valence-electron chi connectivity index (χ2n) is 6.58. The molecular formula is C22H30N2O3. The summed E-state index contributed by atoms with van der Waals surface area (Å²) in [5.41, 5.74) is 3.04. The fourth-order valence-electron chi connectivity index (χ4n) is 2.95. The first-order valence-electron chi connectivity index (χ1n) is 9.34. The van der Waals surface area contributed by atoms with E-state index in [1.54, 1.807) is 25.3 Å². The van der Waals surface area contributed by atoms with E-state index in [0.29, 0.717) is 30.2 Å². The molecule has 2 aromatic rings. The number of methoxy groups -OCH3 is 1. The molecule has 5 heteroatoms. The van der Waals surface area contributed by atoms with Crippen molar-refractivity contribution < 1.29 is 14.3 Å². The highest BCUT2D eigenvalue weighted by Gasteiger charge is 2.17. The Hall–Kier alpha value is -2.53. The first-order valence-corrected chi connectivity index (χ1v) is 9.34. The average molecular weight is 370 g/mol. The summed E-state index contributed by atoms with van der Waals surface area (Å²) in [6.45, 7) is 5.08. The lowest BCUT2D eigenvalue weighted by Crippen LogP contribution is -2.34. The van der Waals surface area contributed by atoms with Crippen molar-refractivity contribution in [3.8, 4) is 11.5 Å². The summed E-state index contributed by atoms with van der Waals surface area (Å²) in [7, 11) is 5.62. The van der Waals surface area contributed by atoms with Gasteiger partial charge in [0.05, 0.1) is 19.8 Å². The summed E-state index contributed by atoms with van der Waals surface area (Å²) in [5, 5.41) is 3.04. The van der Waals surface area contributed by atoms with Gasteiger partial charge in [-0.15, -0.1) is 0 Å². The van der Waals surface area contributed by atoms with Crippen LogP contribution in [-0.4, -0.2) is 45.2 Å². The van der Waals surface area contributed by atoms with E-state index >= 15 is 0 Å². The van der Waals surface area contributed by atoms with Crippen LogP contribution in [0.15, 0.2) is 42.5 Å². The Morgan fingerprint density at radius 3 is 2.33 bits per heavy atom. The van der Waals surface area contributed by atoms with Crippen LogP contribution in [0.3, 0.4) is 0 Å². The summed E-state index contributed by atoms with van der Waals surface area (Å²) in [6.07, 6.45) is 1.02. The van der Waals surface area contributed by atoms with E-state index in [1.165, 1.54) is 11.1 Å². The standard InChI is InChI=1S/C22H30N2O3/c1-6-16-8-10-17(11-9-16)19(24(3)4)15-23-22(25)18-12-13-20(26-5)21(14-18)27-7-2/h8-14,19H,6-7,15H2,1-5H3,(H,23,25). The largest absolute Gasteiger partial charge is 0.493 e.